The van der Waals surface area contributed by atoms with Crippen LogP contribution in [0.4, 0.5) is 0 Å². The van der Waals surface area contributed by atoms with E-state index in [1.165, 1.54) is 0 Å². The number of nitrogens with one attached hydrogen (secondary N) is 1. The maximum absolute atomic E-state index is 5.08. The maximum atomic E-state index is 5.08. The second-order valence-electron chi connectivity index (χ2n) is 5.00. The van der Waals surface area contributed by atoms with Gasteiger partial charge in [0, 0.05) is 26.2 Å². The van der Waals surface area contributed by atoms with Crippen molar-refractivity contribution in [3.05, 3.63) is 0 Å². The van der Waals surface area contributed by atoms with E-state index >= 15 is 0 Å². The molecule has 0 aliphatic heterocycles. The van der Waals surface area contributed by atoms with Crippen LogP contribution in [0.25, 0.3) is 0 Å². The fourth-order valence-corrected chi connectivity index (χ4v) is 1.74. The van der Waals surface area contributed by atoms with Crippen molar-refractivity contribution in [2.75, 3.05) is 40.4 Å². The van der Waals surface area contributed by atoms with Crippen LogP contribution in [0.2, 0.25) is 0 Å². The quantitative estimate of drug-likeness (QED) is 0.667. The van der Waals surface area contributed by atoms with Crippen LogP contribution in [0.1, 0.15) is 27.7 Å². The molecule has 1 atom stereocenters. The molecule has 0 aromatic heterocycles. The average Bonchev–Trinajstić information content (AvgIpc) is 2.14. The highest BCUT2D eigenvalue weighted by atomic mass is 16.5. The van der Waals surface area contributed by atoms with Crippen molar-refractivity contribution in [2.45, 2.75) is 33.7 Å². The molecule has 0 aliphatic rings. The Balaban J connectivity index is 3.99. The predicted molar refractivity (Wildman–Crippen MR) is 66.3 cm³/mol. The van der Waals surface area contributed by atoms with Gasteiger partial charge < -0.3 is 15.0 Å². The summed E-state index contributed by atoms with van der Waals surface area (Å²) in [6.07, 6.45) is 0. The lowest BCUT2D eigenvalue weighted by atomic mass is 9.85. The highest BCUT2D eigenvalue weighted by molar-refractivity contribution is 4.82. The van der Waals surface area contributed by atoms with Gasteiger partial charge in [-0.25, -0.2) is 0 Å². The van der Waals surface area contributed by atoms with E-state index in [-0.39, 0.29) is 0 Å². The fraction of sp³-hybridized carbons (Fsp3) is 1.00. The highest BCUT2D eigenvalue weighted by Crippen LogP contribution is 2.21. The zero-order chi connectivity index (χ0) is 11.9. The molecule has 0 rings (SSSR count). The highest BCUT2D eigenvalue weighted by Gasteiger charge is 2.26. The van der Waals surface area contributed by atoms with Crippen LogP contribution in [0.3, 0.4) is 0 Å². The van der Waals surface area contributed by atoms with Gasteiger partial charge in [0.05, 0.1) is 6.61 Å². The maximum Gasteiger partial charge on any atom is 0.0589 e. The van der Waals surface area contributed by atoms with E-state index in [1.54, 1.807) is 7.11 Å². The van der Waals surface area contributed by atoms with E-state index in [4.69, 9.17) is 4.74 Å². The van der Waals surface area contributed by atoms with Crippen LogP contribution in [0.5, 0.6) is 0 Å². The summed E-state index contributed by atoms with van der Waals surface area (Å²) in [4.78, 5) is 2.33. The summed E-state index contributed by atoms with van der Waals surface area (Å²) >= 11 is 0. The summed E-state index contributed by atoms with van der Waals surface area (Å²) in [6.45, 7) is 13.0. The molecular formula is C12H28N2O. The molecule has 1 N–H and O–H groups in total. The number of nitrogens with zero attached hydrogens (tertiary/aromatic N) is 1. The molecule has 0 saturated carbocycles. The lowest BCUT2D eigenvalue weighted by Crippen LogP contribution is -2.46. The summed E-state index contributed by atoms with van der Waals surface area (Å²) in [5.41, 5.74) is 0.290. The van der Waals surface area contributed by atoms with Gasteiger partial charge in [-0.05, 0) is 25.9 Å². The Morgan fingerprint density at radius 1 is 1.40 bits per heavy atom. The fourth-order valence-electron chi connectivity index (χ4n) is 1.74. The second kappa shape index (κ2) is 7.20. The molecule has 3 nitrogen and oxygen atoms in total. The molecule has 0 aliphatic carbocycles. The first-order valence-electron chi connectivity index (χ1n) is 5.85. The van der Waals surface area contributed by atoms with Gasteiger partial charge in [0.1, 0.15) is 0 Å². The Labute approximate surface area is 95.2 Å². The van der Waals surface area contributed by atoms with Crippen molar-refractivity contribution >= 4 is 0 Å². The minimum absolute atomic E-state index is 0.290. The number of hydrogen-bond donors (Lipinski definition) is 1. The van der Waals surface area contributed by atoms with Gasteiger partial charge in [-0.2, -0.15) is 0 Å². The molecule has 0 spiro atoms. The molecule has 0 radical (unpaired) electrons. The molecule has 0 saturated heterocycles. The molecule has 0 aromatic rings. The third kappa shape index (κ3) is 6.13. The molecule has 0 fully saturated rings. The minimum atomic E-state index is 0.290. The Morgan fingerprint density at radius 3 is 2.47 bits per heavy atom. The summed E-state index contributed by atoms with van der Waals surface area (Å²) in [5, 5.41) is 3.49. The summed E-state index contributed by atoms with van der Waals surface area (Å²) in [7, 11) is 3.90. The van der Waals surface area contributed by atoms with Crippen molar-refractivity contribution in [2.24, 2.45) is 5.41 Å². The first kappa shape index (κ1) is 14.9. The Kier molecular flexibility index (Phi) is 7.14. The van der Waals surface area contributed by atoms with Gasteiger partial charge in [-0.1, -0.05) is 20.8 Å². The van der Waals surface area contributed by atoms with E-state index in [0.29, 0.717) is 11.5 Å². The second-order valence-corrected chi connectivity index (χ2v) is 5.00. The molecule has 0 amide bonds. The third-order valence-corrected chi connectivity index (χ3v) is 3.04. The van der Waals surface area contributed by atoms with E-state index in [2.05, 4.69) is 45.0 Å². The van der Waals surface area contributed by atoms with Crippen LogP contribution in [0.15, 0.2) is 0 Å². The number of methoxy groups -OCH3 is 1. The smallest absolute Gasteiger partial charge is 0.0589 e. The topological polar surface area (TPSA) is 24.5 Å². The number of rotatable bonds is 8. The van der Waals surface area contributed by atoms with Gasteiger partial charge in [0.2, 0.25) is 0 Å². The standard InChI is InChI=1S/C12H28N2O/c1-7-13-11(2)12(3,4)10-14(5)8-9-15-6/h11,13H,7-10H2,1-6H3. The van der Waals surface area contributed by atoms with E-state index in [9.17, 15) is 0 Å². The van der Waals surface area contributed by atoms with Crippen LogP contribution >= 0.6 is 0 Å². The van der Waals surface area contributed by atoms with E-state index in [0.717, 1.165) is 26.2 Å². The zero-order valence-electron chi connectivity index (χ0n) is 11.3. The van der Waals surface area contributed by atoms with Crippen molar-refractivity contribution in [1.29, 1.82) is 0 Å². The van der Waals surface area contributed by atoms with Crippen LogP contribution in [-0.2, 0) is 4.74 Å². The van der Waals surface area contributed by atoms with Crippen LogP contribution < -0.4 is 5.32 Å². The molecule has 3 heteroatoms. The molecule has 1 unspecified atom stereocenters. The van der Waals surface area contributed by atoms with Crippen molar-refractivity contribution in [3.63, 3.8) is 0 Å². The van der Waals surface area contributed by atoms with Gasteiger partial charge >= 0.3 is 0 Å². The van der Waals surface area contributed by atoms with Gasteiger partial charge in [-0.3, -0.25) is 0 Å². The first-order chi connectivity index (χ1) is 6.94. The molecule has 0 aromatic carbocycles. The van der Waals surface area contributed by atoms with E-state index in [1.807, 2.05) is 0 Å². The number of likely N-dealkylation sites (N-methyl/N-ethyl adjacent to an activating group) is 1. The van der Waals surface area contributed by atoms with Crippen molar-refractivity contribution < 1.29 is 4.74 Å². The molecule has 0 bridgehead atoms. The normalized spacial score (nSPS) is 14.6. The molecule has 92 valence electrons. The number of ether oxygens (including phenoxy) is 1. The minimum Gasteiger partial charge on any atom is -0.383 e. The summed E-state index contributed by atoms with van der Waals surface area (Å²) < 4.78 is 5.08. The predicted octanol–water partition coefficient (Wildman–Crippen LogP) is 1.59. The van der Waals surface area contributed by atoms with Crippen molar-refractivity contribution in [3.8, 4) is 0 Å². The van der Waals surface area contributed by atoms with E-state index < -0.39 is 0 Å². The largest absolute Gasteiger partial charge is 0.383 e. The van der Waals surface area contributed by atoms with Gasteiger partial charge in [-0.15, -0.1) is 0 Å². The Morgan fingerprint density at radius 2 is 2.00 bits per heavy atom. The van der Waals surface area contributed by atoms with Gasteiger partial charge in [0.15, 0.2) is 0 Å². The lowest BCUT2D eigenvalue weighted by molar-refractivity contribution is 0.121. The monoisotopic (exact) mass is 216 g/mol. The van der Waals surface area contributed by atoms with Crippen molar-refractivity contribution in [1.82, 2.24) is 10.2 Å². The lowest BCUT2D eigenvalue weighted by Gasteiger charge is -2.36. The third-order valence-electron chi connectivity index (χ3n) is 3.04. The number of hydrogen-bond acceptors (Lipinski definition) is 3. The van der Waals surface area contributed by atoms with Gasteiger partial charge in [0.25, 0.3) is 0 Å². The molecular weight excluding hydrogens is 188 g/mol. The SMILES string of the molecule is CCNC(C)C(C)(C)CN(C)CCOC. The molecule has 0 heterocycles. The zero-order valence-corrected chi connectivity index (χ0v) is 11.3. The Hall–Kier alpha value is -0.120. The molecule has 15 heavy (non-hydrogen) atoms. The first-order valence-corrected chi connectivity index (χ1v) is 5.85. The Bertz CT molecular complexity index is 160. The van der Waals surface area contributed by atoms with Crippen LogP contribution in [0, 0.1) is 5.41 Å². The summed E-state index contributed by atoms with van der Waals surface area (Å²) in [6, 6.07) is 0.535. The average molecular weight is 216 g/mol. The van der Waals surface area contributed by atoms with Crippen LogP contribution in [-0.4, -0.2) is 51.3 Å². The summed E-state index contributed by atoms with van der Waals surface area (Å²) in [5.74, 6) is 0.